The van der Waals surface area contributed by atoms with Gasteiger partial charge in [-0.1, -0.05) is 49.4 Å². The van der Waals surface area contributed by atoms with Crippen LogP contribution in [0, 0.1) is 6.92 Å². The number of amides is 3. The van der Waals surface area contributed by atoms with E-state index in [0.717, 1.165) is 40.0 Å². The molecular formula is C28H29N3O4. The first kappa shape index (κ1) is 24.0. The number of urea groups is 1. The number of rotatable bonds is 7. The molecule has 4 rings (SSSR count). The summed E-state index contributed by atoms with van der Waals surface area (Å²) in [5.74, 6) is -0.885. The van der Waals surface area contributed by atoms with Crippen molar-refractivity contribution >= 4 is 35.0 Å². The number of carbonyl (C=O) groups is 3. The zero-order valence-corrected chi connectivity index (χ0v) is 19.9. The van der Waals surface area contributed by atoms with Crippen LogP contribution in [0.5, 0.6) is 0 Å². The number of carboxylic acids is 1. The van der Waals surface area contributed by atoms with Crippen LogP contribution < -0.4 is 15.5 Å². The van der Waals surface area contributed by atoms with Crippen LogP contribution in [0.2, 0.25) is 0 Å². The van der Waals surface area contributed by atoms with Crippen molar-refractivity contribution < 1.29 is 19.5 Å². The van der Waals surface area contributed by atoms with Crippen molar-refractivity contribution in [1.82, 2.24) is 0 Å². The SMILES string of the molecule is Cc1ccccc1NC(=O)Nc1ccc(CC(=O)N2CCc3cc([C@@H](C)CC(=O)O)ccc32)cc1. The Kier molecular flexibility index (Phi) is 7.15. The Labute approximate surface area is 204 Å². The van der Waals surface area contributed by atoms with Gasteiger partial charge in [-0.3, -0.25) is 9.59 Å². The molecule has 0 saturated heterocycles. The van der Waals surface area contributed by atoms with Gasteiger partial charge < -0.3 is 20.6 Å². The second-order valence-electron chi connectivity index (χ2n) is 8.95. The molecule has 1 heterocycles. The molecule has 1 aliphatic rings. The van der Waals surface area contributed by atoms with Gasteiger partial charge >= 0.3 is 12.0 Å². The molecule has 1 atom stereocenters. The van der Waals surface area contributed by atoms with Gasteiger partial charge in [0.25, 0.3) is 0 Å². The Morgan fingerprint density at radius 1 is 1.00 bits per heavy atom. The number of carboxylic acid groups (broad SMARTS) is 1. The lowest BCUT2D eigenvalue weighted by Crippen LogP contribution is -2.30. The summed E-state index contributed by atoms with van der Waals surface area (Å²) in [6, 6.07) is 20.4. The Morgan fingerprint density at radius 2 is 1.74 bits per heavy atom. The van der Waals surface area contributed by atoms with Crippen LogP contribution in [-0.2, 0) is 22.4 Å². The Morgan fingerprint density at radius 3 is 2.46 bits per heavy atom. The second kappa shape index (κ2) is 10.4. The van der Waals surface area contributed by atoms with Gasteiger partial charge in [0, 0.05) is 23.6 Å². The molecule has 0 fully saturated rings. The average molecular weight is 472 g/mol. The molecule has 3 N–H and O–H groups in total. The zero-order chi connectivity index (χ0) is 24.9. The van der Waals surface area contributed by atoms with E-state index in [0.29, 0.717) is 12.2 Å². The fourth-order valence-corrected chi connectivity index (χ4v) is 4.34. The summed E-state index contributed by atoms with van der Waals surface area (Å²) in [6.07, 6.45) is 1.10. The minimum absolute atomic E-state index is 0.00749. The summed E-state index contributed by atoms with van der Waals surface area (Å²) in [5, 5.41) is 14.7. The van der Waals surface area contributed by atoms with E-state index in [-0.39, 0.29) is 30.7 Å². The smallest absolute Gasteiger partial charge is 0.323 e. The van der Waals surface area contributed by atoms with Gasteiger partial charge in [0.1, 0.15) is 0 Å². The van der Waals surface area contributed by atoms with Crippen molar-refractivity contribution in [2.75, 3.05) is 22.1 Å². The highest BCUT2D eigenvalue weighted by Gasteiger charge is 2.25. The molecule has 3 aromatic carbocycles. The van der Waals surface area contributed by atoms with Crippen LogP contribution in [0.4, 0.5) is 21.9 Å². The summed E-state index contributed by atoms with van der Waals surface area (Å²) < 4.78 is 0. The summed E-state index contributed by atoms with van der Waals surface area (Å²) in [5.41, 5.74) is 6.18. The predicted octanol–water partition coefficient (Wildman–Crippen LogP) is 5.35. The Bertz CT molecular complexity index is 1250. The number of carbonyl (C=O) groups excluding carboxylic acids is 2. The number of fused-ring (bicyclic) bond motifs is 1. The lowest BCUT2D eigenvalue weighted by Gasteiger charge is -2.18. The normalized spacial score (nSPS) is 13.1. The number of aliphatic carboxylic acids is 1. The zero-order valence-electron chi connectivity index (χ0n) is 19.9. The fourth-order valence-electron chi connectivity index (χ4n) is 4.34. The minimum atomic E-state index is -0.817. The molecule has 3 aromatic rings. The number of para-hydroxylation sites is 1. The van der Waals surface area contributed by atoms with Crippen molar-refractivity contribution in [2.24, 2.45) is 0 Å². The number of hydrogen-bond donors (Lipinski definition) is 3. The van der Waals surface area contributed by atoms with Crippen molar-refractivity contribution in [1.29, 1.82) is 0 Å². The quantitative estimate of drug-likeness (QED) is 0.433. The van der Waals surface area contributed by atoms with Crippen molar-refractivity contribution in [3.05, 3.63) is 89.0 Å². The molecule has 0 radical (unpaired) electrons. The average Bonchev–Trinajstić information content (AvgIpc) is 3.25. The van der Waals surface area contributed by atoms with E-state index in [9.17, 15) is 14.4 Å². The van der Waals surface area contributed by atoms with E-state index < -0.39 is 5.97 Å². The van der Waals surface area contributed by atoms with Crippen molar-refractivity contribution in [2.45, 2.75) is 39.0 Å². The monoisotopic (exact) mass is 471 g/mol. The summed E-state index contributed by atoms with van der Waals surface area (Å²) in [7, 11) is 0. The molecule has 0 bridgehead atoms. The summed E-state index contributed by atoms with van der Waals surface area (Å²) in [6.45, 7) is 4.45. The molecule has 0 saturated carbocycles. The van der Waals surface area contributed by atoms with E-state index in [1.54, 1.807) is 17.0 Å². The van der Waals surface area contributed by atoms with Crippen LogP contribution >= 0.6 is 0 Å². The van der Waals surface area contributed by atoms with Gasteiger partial charge in [0.2, 0.25) is 5.91 Å². The molecular weight excluding hydrogens is 442 g/mol. The number of nitrogens with one attached hydrogen (secondary N) is 2. The van der Waals surface area contributed by atoms with Crippen LogP contribution in [0.25, 0.3) is 0 Å². The lowest BCUT2D eigenvalue weighted by atomic mass is 9.95. The first-order valence-corrected chi connectivity index (χ1v) is 11.7. The molecule has 1 aliphatic heterocycles. The van der Waals surface area contributed by atoms with Crippen LogP contribution in [0.1, 0.15) is 41.5 Å². The third-order valence-electron chi connectivity index (χ3n) is 6.31. The van der Waals surface area contributed by atoms with Gasteiger partial charge in [-0.2, -0.15) is 0 Å². The maximum absolute atomic E-state index is 13.0. The molecule has 180 valence electrons. The maximum atomic E-state index is 13.0. The standard InChI is InChI=1S/C28H29N3O4/c1-18-5-3-4-6-24(18)30-28(35)29-23-10-7-20(8-11-23)16-26(32)31-14-13-22-17-21(9-12-25(22)31)19(2)15-27(33)34/h3-12,17,19H,13-16H2,1-2H3,(H,33,34)(H2,29,30,35)/t19-/m0/s1. The van der Waals surface area contributed by atoms with Gasteiger partial charge in [-0.25, -0.2) is 4.79 Å². The second-order valence-corrected chi connectivity index (χ2v) is 8.95. The van der Waals surface area contributed by atoms with Gasteiger partial charge in [0.15, 0.2) is 0 Å². The molecule has 3 amide bonds. The third kappa shape index (κ3) is 5.87. The van der Waals surface area contributed by atoms with Crippen LogP contribution in [-0.4, -0.2) is 29.6 Å². The molecule has 7 nitrogen and oxygen atoms in total. The third-order valence-corrected chi connectivity index (χ3v) is 6.31. The largest absolute Gasteiger partial charge is 0.481 e. The van der Waals surface area contributed by atoms with Crippen LogP contribution in [0.3, 0.4) is 0 Å². The van der Waals surface area contributed by atoms with E-state index in [1.165, 1.54) is 0 Å². The molecule has 0 spiro atoms. The fraction of sp³-hybridized carbons (Fsp3) is 0.250. The highest BCUT2D eigenvalue weighted by Crippen LogP contribution is 2.32. The van der Waals surface area contributed by atoms with E-state index >= 15 is 0 Å². The van der Waals surface area contributed by atoms with Gasteiger partial charge in [0.05, 0.1) is 12.8 Å². The highest BCUT2D eigenvalue weighted by atomic mass is 16.4. The maximum Gasteiger partial charge on any atom is 0.323 e. The molecule has 0 aliphatic carbocycles. The lowest BCUT2D eigenvalue weighted by molar-refractivity contribution is -0.137. The predicted molar refractivity (Wildman–Crippen MR) is 137 cm³/mol. The van der Waals surface area contributed by atoms with Crippen molar-refractivity contribution in [3.63, 3.8) is 0 Å². The Balaban J connectivity index is 1.35. The van der Waals surface area contributed by atoms with Crippen molar-refractivity contribution in [3.8, 4) is 0 Å². The number of aryl methyl sites for hydroxylation is 1. The summed E-state index contributed by atoms with van der Waals surface area (Å²) >= 11 is 0. The number of hydrogen-bond acceptors (Lipinski definition) is 3. The Hall–Kier alpha value is -4.13. The molecule has 7 heteroatoms. The molecule has 0 aromatic heterocycles. The number of anilines is 3. The van der Waals surface area contributed by atoms with Crippen LogP contribution in [0.15, 0.2) is 66.7 Å². The number of nitrogens with zero attached hydrogens (tertiary/aromatic N) is 1. The highest BCUT2D eigenvalue weighted by molar-refractivity contribution is 6.00. The molecule has 35 heavy (non-hydrogen) atoms. The van der Waals surface area contributed by atoms with E-state index in [4.69, 9.17) is 5.11 Å². The first-order chi connectivity index (χ1) is 16.8. The van der Waals surface area contributed by atoms with Gasteiger partial charge in [-0.15, -0.1) is 0 Å². The van der Waals surface area contributed by atoms with E-state index in [2.05, 4.69) is 10.6 Å². The minimum Gasteiger partial charge on any atom is -0.481 e. The van der Waals surface area contributed by atoms with E-state index in [1.807, 2.05) is 68.4 Å². The van der Waals surface area contributed by atoms with Gasteiger partial charge in [-0.05, 0) is 65.8 Å². The topological polar surface area (TPSA) is 98.7 Å². The molecule has 0 unspecified atom stereocenters. The number of benzene rings is 3. The summed E-state index contributed by atoms with van der Waals surface area (Å²) in [4.78, 5) is 38.1. The first-order valence-electron chi connectivity index (χ1n) is 11.7.